The Bertz CT molecular complexity index is 649. The summed E-state index contributed by atoms with van der Waals surface area (Å²) in [5, 5.41) is 6.56. The molecule has 0 saturated carbocycles. The quantitative estimate of drug-likeness (QED) is 0.812. The number of carbonyl (C=O) groups is 1. The molecule has 0 saturated heterocycles. The van der Waals surface area contributed by atoms with Gasteiger partial charge in [0.1, 0.15) is 5.82 Å². The zero-order valence-corrected chi connectivity index (χ0v) is 13.8. The molecule has 1 heterocycles. The van der Waals surface area contributed by atoms with Gasteiger partial charge in [-0.25, -0.2) is 4.98 Å². The lowest BCUT2D eigenvalue weighted by atomic mass is 10.2. The number of nitrogens with one attached hydrogen (secondary N) is 2. The maximum atomic E-state index is 12.3. The van der Waals surface area contributed by atoms with E-state index in [4.69, 9.17) is 11.6 Å². The van der Waals surface area contributed by atoms with Crippen molar-refractivity contribution in [1.29, 1.82) is 0 Å². The fourth-order valence-corrected chi connectivity index (χ4v) is 2.26. The van der Waals surface area contributed by atoms with Gasteiger partial charge in [0.15, 0.2) is 0 Å². The molecule has 0 fully saturated rings. The van der Waals surface area contributed by atoms with Crippen LogP contribution in [0.2, 0.25) is 5.02 Å². The van der Waals surface area contributed by atoms with Crippen LogP contribution in [0.4, 0.5) is 11.5 Å². The third kappa shape index (κ3) is 4.44. The third-order valence-corrected chi connectivity index (χ3v) is 3.40. The lowest BCUT2D eigenvalue weighted by Crippen LogP contribution is -2.14. The number of benzene rings is 1. The summed E-state index contributed by atoms with van der Waals surface area (Å²) < 4.78 is 0.797. The molecule has 0 aliphatic heterocycles. The molecular weight excluding hydrogens is 354 g/mol. The van der Waals surface area contributed by atoms with Crippen molar-refractivity contribution in [3.8, 4) is 0 Å². The number of amides is 1. The lowest BCUT2D eigenvalue weighted by molar-refractivity contribution is 0.102. The fourth-order valence-electron chi connectivity index (χ4n) is 1.74. The molecule has 2 N–H and O–H groups in total. The number of pyridine rings is 1. The summed E-state index contributed by atoms with van der Waals surface area (Å²) in [6.45, 7) is 2.85. The van der Waals surface area contributed by atoms with Crippen molar-refractivity contribution in [3.63, 3.8) is 0 Å². The van der Waals surface area contributed by atoms with Crippen molar-refractivity contribution in [2.24, 2.45) is 0 Å². The van der Waals surface area contributed by atoms with E-state index in [2.05, 4.69) is 38.5 Å². The van der Waals surface area contributed by atoms with Gasteiger partial charge in [-0.1, -0.05) is 24.6 Å². The Labute approximate surface area is 137 Å². The van der Waals surface area contributed by atoms with Gasteiger partial charge in [-0.05, 0) is 46.6 Å². The molecule has 2 aromatic rings. The number of aromatic nitrogens is 1. The standard InChI is InChI=1S/C15H15BrClN3O/c1-2-6-18-14-13(8-11(16)9-19-14)20-15(21)10-4-3-5-12(17)7-10/h3-5,7-9H,2,6H2,1H3,(H,18,19)(H,20,21). The molecule has 0 aliphatic rings. The molecule has 0 atom stereocenters. The molecule has 0 unspecified atom stereocenters. The predicted octanol–water partition coefficient (Wildman–Crippen LogP) is 4.57. The van der Waals surface area contributed by atoms with Crippen molar-refractivity contribution in [1.82, 2.24) is 4.98 Å². The van der Waals surface area contributed by atoms with E-state index in [1.54, 1.807) is 30.5 Å². The number of carbonyl (C=O) groups excluding carboxylic acids is 1. The molecule has 21 heavy (non-hydrogen) atoms. The molecule has 1 aromatic carbocycles. The number of hydrogen-bond acceptors (Lipinski definition) is 3. The van der Waals surface area contributed by atoms with Gasteiger partial charge >= 0.3 is 0 Å². The first-order chi connectivity index (χ1) is 10.1. The van der Waals surface area contributed by atoms with Crippen molar-refractivity contribution in [2.75, 3.05) is 17.2 Å². The zero-order chi connectivity index (χ0) is 15.2. The number of halogens is 2. The van der Waals surface area contributed by atoms with Crippen LogP contribution >= 0.6 is 27.5 Å². The monoisotopic (exact) mass is 367 g/mol. The topological polar surface area (TPSA) is 54.0 Å². The van der Waals surface area contributed by atoms with E-state index in [1.165, 1.54) is 0 Å². The Morgan fingerprint density at radius 2 is 2.19 bits per heavy atom. The minimum Gasteiger partial charge on any atom is -0.368 e. The molecule has 0 aliphatic carbocycles. The molecule has 1 amide bonds. The molecular formula is C15H15BrClN3O. The smallest absolute Gasteiger partial charge is 0.255 e. The first-order valence-electron chi connectivity index (χ1n) is 6.56. The molecule has 110 valence electrons. The Kier molecular flexibility index (Phi) is 5.59. The van der Waals surface area contributed by atoms with E-state index in [0.29, 0.717) is 22.1 Å². The SMILES string of the molecule is CCCNc1ncc(Br)cc1NC(=O)c1cccc(Cl)c1. The number of anilines is 2. The summed E-state index contributed by atoms with van der Waals surface area (Å²) in [6.07, 6.45) is 2.66. The van der Waals surface area contributed by atoms with Crippen LogP contribution in [0.5, 0.6) is 0 Å². The highest BCUT2D eigenvalue weighted by Crippen LogP contribution is 2.24. The van der Waals surface area contributed by atoms with Gasteiger partial charge in [0, 0.05) is 27.8 Å². The highest BCUT2D eigenvalue weighted by molar-refractivity contribution is 9.10. The summed E-state index contributed by atoms with van der Waals surface area (Å²) in [5.41, 5.74) is 1.13. The molecule has 0 bridgehead atoms. The highest BCUT2D eigenvalue weighted by atomic mass is 79.9. The molecule has 4 nitrogen and oxygen atoms in total. The third-order valence-electron chi connectivity index (χ3n) is 2.73. The largest absolute Gasteiger partial charge is 0.368 e. The predicted molar refractivity (Wildman–Crippen MR) is 90.1 cm³/mol. The van der Waals surface area contributed by atoms with Crippen molar-refractivity contribution >= 4 is 44.9 Å². The maximum absolute atomic E-state index is 12.3. The van der Waals surface area contributed by atoms with Gasteiger partial charge in [-0.3, -0.25) is 4.79 Å². The van der Waals surface area contributed by atoms with Gasteiger partial charge in [-0.15, -0.1) is 0 Å². The van der Waals surface area contributed by atoms with Gasteiger partial charge in [-0.2, -0.15) is 0 Å². The Morgan fingerprint density at radius 3 is 2.90 bits per heavy atom. The second kappa shape index (κ2) is 7.43. The molecule has 2 rings (SSSR count). The normalized spacial score (nSPS) is 10.2. The van der Waals surface area contributed by atoms with E-state index >= 15 is 0 Å². The van der Waals surface area contributed by atoms with Gasteiger partial charge in [0.2, 0.25) is 0 Å². The van der Waals surface area contributed by atoms with Crippen molar-refractivity contribution in [2.45, 2.75) is 13.3 Å². The van der Waals surface area contributed by atoms with Gasteiger partial charge in [0.05, 0.1) is 5.69 Å². The van der Waals surface area contributed by atoms with Crippen LogP contribution in [0.25, 0.3) is 0 Å². The minimum absolute atomic E-state index is 0.225. The van der Waals surface area contributed by atoms with Crippen molar-refractivity contribution < 1.29 is 4.79 Å². The van der Waals surface area contributed by atoms with Crippen LogP contribution in [0, 0.1) is 0 Å². The van der Waals surface area contributed by atoms with Crippen LogP contribution in [0.15, 0.2) is 41.0 Å². The van der Waals surface area contributed by atoms with E-state index in [1.807, 2.05) is 6.07 Å². The van der Waals surface area contributed by atoms with Crippen LogP contribution in [0.1, 0.15) is 23.7 Å². The molecule has 6 heteroatoms. The minimum atomic E-state index is -0.225. The maximum Gasteiger partial charge on any atom is 0.255 e. The summed E-state index contributed by atoms with van der Waals surface area (Å²) in [7, 11) is 0. The molecule has 0 spiro atoms. The second-order valence-electron chi connectivity index (χ2n) is 4.44. The summed E-state index contributed by atoms with van der Waals surface area (Å²) in [5.74, 6) is 0.423. The van der Waals surface area contributed by atoms with Crippen LogP contribution < -0.4 is 10.6 Å². The Balaban J connectivity index is 2.21. The lowest BCUT2D eigenvalue weighted by Gasteiger charge is -2.12. The van der Waals surface area contributed by atoms with Crippen LogP contribution in [-0.2, 0) is 0 Å². The van der Waals surface area contributed by atoms with Gasteiger partial charge in [0.25, 0.3) is 5.91 Å². The summed E-state index contributed by atoms with van der Waals surface area (Å²) in [4.78, 5) is 16.5. The van der Waals surface area contributed by atoms with Crippen molar-refractivity contribution in [3.05, 3.63) is 51.6 Å². The Hall–Kier alpha value is -1.59. The van der Waals surface area contributed by atoms with E-state index in [0.717, 1.165) is 17.4 Å². The zero-order valence-electron chi connectivity index (χ0n) is 11.5. The number of nitrogens with zero attached hydrogens (tertiary/aromatic N) is 1. The van der Waals surface area contributed by atoms with Gasteiger partial charge < -0.3 is 10.6 Å². The average molecular weight is 369 g/mol. The Morgan fingerprint density at radius 1 is 1.38 bits per heavy atom. The van der Waals surface area contributed by atoms with E-state index in [-0.39, 0.29) is 5.91 Å². The average Bonchev–Trinajstić information content (AvgIpc) is 2.46. The van der Waals surface area contributed by atoms with Crippen LogP contribution in [0.3, 0.4) is 0 Å². The first kappa shape index (κ1) is 15.8. The van der Waals surface area contributed by atoms with Crippen LogP contribution in [-0.4, -0.2) is 17.4 Å². The molecule has 1 aromatic heterocycles. The number of rotatable bonds is 5. The van der Waals surface area contributed by atoms with E-state index < -0.39 is 0 Å². The second-order valence-corrected chi connectivity index (χ2v) is 5.79. The highest BCUT2D eigenvalue weighted by Gasteiger charge is 2.11. The summed E-state index contributed by atoms with van der Waals surface area (Å²) >= 11 is 9.26. The first-order valence-corrected chi connectivity index (χ1v) is 7.73. The fraction of sp³-hybridized carbons (Fsp3) is 0.200. The molecule has 0 radical (unpaired) electrons. The summed E-state index contributed by atoms with van der Waals surface area (Å²) in [6, 6.07) is 8.63. The van der Waals surface area contributed by atoms with E-state index in [9.17, 15) is 4.79 Å². The number of hydrogen-bond donors (Lipinski definition) is 2.